The fourth-order valence-corrected chi connectivity index (χ4v) is 1.69. The number of ether oxygens (including phenoxy) is 2. The van der Waals surface area contributed by atoms with E-state index in [0.717, 1.165) is 11.3 Å². The summed E-state index contributed by atoms with van der Waals surface area (Å²) in [5, 5.41) is 3.17. The predicted molar refractivity (Wildman–Crippen MR) is 71.6 cm³/mol. The zero-order valence-electron chi connectivity index (χ0n) is 11.4. The third-order valence-corrected chi connectivity index (χ3v) is 2.94. The number of rotatable bonds is 6. The van der Waals surface area contributed by atoms with Crippen molar-refractivity contribution in [2.75, 3.05) is 19.5 Å². The average molecular weight is 251 g/mol. The summed E-state index contributed by atoms with van der Waals surface area (Å²) < 4.78 is 10.0. The van der Waals surface area contributed by atoms with E-state index in [1.807, 2.05) is 38.1 Å². The average Bonchev–Trinajstić information content (AvgIpc) is 2.43. The summed E-state index contributed by atoms with van der Waals surface area (Å²) in [4.78, 5) is 11.5. The molecule has 0 bridgehead atoms. The van der Waals surface area contributed by atoms with E-state index in [9.17, 15) is 4.79 Å². The molecule has 0 aliphatic heterocycles. The smallest absolute Gasteiger partial charge is 0.328 e. The van der Waals surface area contributed by atoms with E-state index >= 15 is 0 Å². The summed E-state index contributed by atoms with van der Waals surface area (Å²) in [5.41, 5.74) is 1.97. The van der Waals surface area contributed by atoms with Crippen LogP contribution in [0.25, 0.3) is 0 Å². The minimum absolute atomic E-state index is 0.0324. The van der Waals surface area contributed by atoms with Gasteiger partial charge in [-0.3, -0.25) is 0 Å². The fraction of sp³-hybridized carbons (Fsp3) is 0.500. The first-order valence-corrected chi connectivity index (χ1v) is 6.09. The van der Waals surface area contributed by atoms with Crippen LogP contribution in [0.1, 0.15) is 31.9 Å². The molecule has 0 heterocycles. The van der Waals surface area contributed by atoms with Crippen LogP contribution < -0.4 is 5.32 Å². The summed E-state index contributed by atoms with van der Waals surface area (Å²) >= 11 is 0. The maximum absolute atomic E-state index is 11.5. The van der Waals surface area contributed by atoms with Gasteiger partial charge in [-0.1, -0.05) is 19.1 Å². The molecule has 0 aliphatic rings. The standard InChI is InChI=1S/C14H21NO3/c1-5-13(14(16)18-4)15-12-8-6-7-11(9-12)10(2)17-3/h6-10,13,15H,5H2,1-4H3/t10-,13+/m1/s1. The number of carbonyl (C=O) groups excluding carboxylic acids is 1. The van der Waals surface area contributed by atoms with Crippen LogP contribution in [0.3, 0.4) is 0 Å². The van der Waals surface area contributed by atoms with E-state index in [0.29, 0.717) is 6.42 Å². The Morgan fingerprint density at radius 2 is 2.11 bits per heavy atom. The SMILES string of the molecule is CC[C@H](Nc1cccc([C@@H](C)OC)c1)C(=O)OC. The molecule has 0 unspecified atom stereocenters. The Morgan fingerprint density at radius 3 is 2.67 bits per heavy atom. The van der Waals surface area contributed by atoms with Crippen molar-refractivity contribution >= 4 is 11.7 Å². The maximum atomic E-state index is 11.5. The lowest BCUT2D eigenvalue weighted by Crippen LogP contribution is -2.29. The van der Waals surface area contributed by atoms with Gasteiger partial charge in [-0.15, -0.1) is 0 Å². The second-order valence-electron chi connectivity index (χ2n) is 4.13. The van der Waals surface area contributed by atoms with Gasteiger partial charge in [0.15, 0.2) is 0 Å². The largest absolute Gasteiger partial charge is 0.467 e. The van der Waals surface area contributed by atoms with Crippen LogP contribution >= 0.6 is 0 Å². The van der Waals surface area contributed by atoms with Crippen LogP contribution in [0.15, 0.2) is 24.3 Å². The van der Waals surface area contributed by atoms with E-state index in [2.05, 4.69) is 5.32 Å². The van der Waals surface area contributed by atoms with Crippen molar-refractivity contribution in [1.82, 2.24) is 0 Å². The highest BCUT2D eigenvalue weighted by Crippen LogP contribution is 2.20. The zero-order valence-corrected chi connectivity index (χ0v) is 11.4. The zero-order chi connectivity index (χ0) is 13.5. The molecule has 100 valence electrons. The number of hydrogen-bond acceptors (Lipinski definition) is 4. The fourth-order valence-electron chi connectivity index (χ4n) is 1.69. The van der Waals surface area contributed by atoms with Gasteiger partial charge >= 0.3 is 5.97 Å². The molecule has 4 heteroatoms. The van der Waals surface area contributed by atoms with Crippen LogP contribution in [0.2, 0.25) is 0 Å². The summed E-state index contributed by atoms with van der Waals surface area (Å²) in [6, 6.07) is 7.54. The summed E-state index contributed by atoms with van der Waals surface area (Å²) in [6.07, 6.45) is 0.710. The van der Waals surface area contributed by atoms with Gasteiger partial charge in [0.2, 0.25) is 0 Å². The van der Waals surface area contributed by atoms with E-state index in [4.69, 9.17) is 9.47 Å². The van der Waals surface area contributed by atoms with Gasteiger partial charge in [0.05, 0.1) is 13.2 Å². The minimum atomic E-state index is -0.317. The molecule has 2 atom stereocenters. The van der Waals surface area contributed by atoms with Crippen molar-refractivity contribution in [2.45, 2.75) is 32.4 Å². The first kappa shape index (κ1) is 14.5. The second kappa shape index (κ2) is 7.01. The normalized spacial score (nSPS) is 13.8. The Bertz CT molecular complexity index is 392. The van der Waals surface area contributed by atoms with Gasteiger partial charge < -0.3 is 14.8 Å². The van der Waals surface area contributed by atoms with Crippen LogP contribution in [0.5, 0.6) is 0 Å². The first-order chi connectivity index (χ1) is 8.62. The van der Waals surface area contributed by atoms with Crippen LogP contribution in [0.4, 0.5) is 5.69 Å². The maximum Gasteiger partial charge on any atom is 0.328 e. The van der Waals surface area contributed by atoms with Crippen molar-refractivity contribution in [3.63, 3.8) is 0 Å². The van der Waals surface area contributed by atoms with Gasteiger partial charge in [0.1, 0.15) is 6.04 Å². The van der Waals surface area contributed by atoms with Crippen molar-refractivity contribution in [3.05, 3.63) is 29.8 Å². The Hall–Kier alpha value is -1.55. The summed E-state index contributed by atoms with van der Waals surface area (Å²) in [5.74, 6) is -0.248. The van der Waals surface area contributed by atoms with E-state index < -0.39 is 0 Å². The third-order valence-electron chi connectivity index (χ3n) is 2.94. The molecule has 0 aliphatic carbocycles. The van der Waals surface area contributed by atoms with Crippen molar-refractivity contribution in [3.8, 4) is 0 Å². The molecule has 1 rings (SSSR count). The summed E-state index contributed by atoms with van der Waals surface area (Å²) in [7, 11) is 3.07. The topological polar surface area (TPSA) is 47.6 Å². The quantitative estimate of drug-likeness (QED) is 0.790. The highest BCUT2D eigenvalue weighted by Gasteiger charge is 2.16. The van der Waals surface area contributed by atoms with Gasteiger partial charge in [0.25, 0.3) is 0 Å². The van der Waals surface area contributed by atoms with E-state index in [-0.39, 0.29) is 18.1 Å². The minimum Gasteiger partial charge on any atom is -0.467 e. The Balaban J connectivity index is 2.80. The first-order valence-electron chi connectivity index (χ1n) is 6.09. The molecule has 0 saturated carbocycles. The number of nitrogens with one attached hydrogen (secondary N) is 1. The molecule has 0 fully saturated rings. The Kier molecular flexibility index (Phi) is 5.65. The molecule has 1 aromatic carbocycles. The predicted octanol–water partition coefficient (Wildman–Crippen LogP) is 2.76. The van der Waals surface area contributed by atoms with Crippen LogP contribution in [0, 0.1) is 0 Å². The van der Waals surface area contributed by atoms with Crippen LogP contribution in [-0.4, -0.2) is 26.2 Å². The lowest BCUT2D eigenvalue weighted by atomic mass is 10.1. The molecular formula is C14H21NO3. The molecule has 4 nitrogen and oxygen atoms in total. The van der Waals surface area contributed by atoms with Gasteiger partial charge in [-0.05, 0) is 31.0 Å². The van der Waals surface area contributed by atoms with Gasteiger partial charge in [-0.25, -0.2) is 4.79 Å². The highest BCUT2D eigenvalue weighted by atomic mass is 16.5. The number of hydrogen-bond donors (Lipinski definition) is 1. The number of esters is 1. The number of benzene rings is 1. The van der Waals surface area contributed by atoms with E-state index in [1.54, 1.807) is 7.11 Å². The lowest BCUT2D eigenvalue weighted by molar-refractivity contribution is -0.141. The molecule has 1 aromatic rings. The van der Waals surface area contributed by atoms with Crippen molar-refractivity contribution in [2.24, 2.45) is 0 Å². The second-order valence-corrected chi connectivity index (χ2v) is 4.13. The Labute approximate surface area is 108 Å². The molecule has 0 aromatic heterocycles. The molecule has 0 amide bonds. The molecule has 18 heavy (non-hydrogen) atoms. The highest BCUT2D eigenvalue weighted by molar-refractivity contribution is 5.79. The number of carbonyl (C=O) groups is 1. The molecule has 0 spiro atoms. The monoisotopic (exact) mass is 251 g/mol. The van der Waals surface area contributed by atoms with Gasteiger partial charge in [-0.2, -0.15) is 0 Å². The number of anilines is 1. The molecule has 0 radical (unpaired) electrons. The number of methoxy groups -OCH3 is 2. The molecular weight excluding hydrogens is 230 g/mol. The lowest BCUT2D eigenvalue weighted by Gasteiger charge is -2.17. The third kappa shape index (κ3) is 3.74. The van der Waals surface area contributed by atoms with Crippen LogP contribution in [-0.2, 0) is 14.3 Å². The van der Waals surface area contributed by atoms with E-state index in [1.165, 1.54) is 7.11 Å². The molecule has 0 saturated heterocycles. The summed E-state index contributed by atoms with van der Waals surface area (Å²) in [6.45, 7) is 3.92. The Morgan fingerprint density at radius 1 is 1.39 bits per heavy atom. The van der Waals surface area contributed by atoms with Crippen molar-refractivity contribution < 1.29 is 14.3 Å². The van der Waals surface area contributed by atoms with Gasteiger partial charge in [0, 0.05) is 12.8 Å². The van der Waals surface area contributed by atoms with Crippen molar-refractivity contribution in [1.29, 1.82) is 0 Å². The molecule has 1 N–H and O–H groups in total.